The molecule has 0 amide bonds. The lowest BCUT2D eigenvalue weighted by atomic mass is 9.96. The summed E-state index contributed by atoms with van der Waals surface area (Å²) in [7, 11) is 0. The molecular formula is C26H36N6. The zero-order valence-electron chi connectivity index (χ0n) is 19.5. The van der Waals surface area contributed by atoms with E-state index in [0.717, 1.165) is 34.9 Å². The maximum atomic E-state index is 4.89. The van der Waals surface area contributed by atoms with Crippen LogP contribution in [0.15, 0.2) is 48.5 Å². The van der Waals surface area contributed by atoms with E-state index in [4.69, 9.17) is 20.4 Å². The second-order valence-corrected chi connectivity index (χ2v) is 8.85. The van der Waals surface area contributed by atoms with Gasteiger partial charge in [-0.1, -0.05) is 89.5 Å². The Morgan fingerprint density at radius 3 is 1.19 bits per heavy atom. The first kappa shape index (κ1) is 22.4. The van der Waals surface area contributed by atoms with Crippen LogP contribution in [-0.2, 0) is 0 Å². The van der Waals surface area contributed by atoms with Gasteiger partial charge in [0.05, 0.1) is 12.1 Å². The zero-order valence-corrected chi connectivity index (χ0v) is 19.5. The zero-order chi connectivity index (χ0) is 22.2. The molecular weight excluding hydrogens is 396 g/mol. The van der Waals surface area contributed by atoms with Gasteiger partial charge in [-0.2, -0.15) is 30.0 Å². The molecule has 170 valence electrons. The topological polar surface area (TPSA) is 61.4 Å². The van der Waals surface area contributed by atoms with Gasteiger partial charge in [-0.05, 0) is 37.1 Å². The second kappa shape index (κ2) is 11.2. The molecule has 0 fully saturated rings. The van der Waals surface area contributed by atoms with Crippen molar-refractivity contribution >= 4 is 22.1 Å². The van der Waals surface area contributed by atoms with E-state index < -0.39 is 0 Å². The van der Waals surface area contributed by atoms with Gasteiger partial charge in [-0.3, -0.25) is 0 Å². The molecule has 4 rings (SSSR count). The largest absolute Gasteiger partial charge is 0.178 e. The number of nitrogens with zero attached hydrogens (tertiary/aromatic N) is 6. The first-order valence-corrected chi connectivity index (χ1v) is 12.4. The van der Waals surface area contributed by atoms with Gasteiger partial charge in [0, 0.05) is 0 Å². The molecule has 0 aliphatic carbocycles. The predicted molar refractivity (Wildman–Crippen MR) is 131 cm³/mol. The molecule has 2 atom stereocenters. The summed E-state index contributed by atoms with van der Waals surface area (Å²) in [6, 6.07) is 16.6. The quantitative estimate of drug-likeness (QED) is 0.216. The molecule has 0 saturated heterocycles. The van der Waals surface area contributed by atoms with Gasteiger partial charge in [-0.25, -0.2) is 0 Å². The Kier molecular flexibility index (Phi) is 7.86. The van der Waals surface area contributed by atoms with Crippen molar-refractivity contribution in [1.82, 2.24) is 30.0 Å². The van der Waals surface area contributed by atoms with Gasteiger partial charge >= 0.3 is 0 Å². The molecule has 0 unspecified atom stereocenters. The molecule has 4 aromatic rings. The van der Waals surface area contributed by atoms with Crippen molar-refractivity contribution in [1.29, 1.82) is 0 Å². The number of benzene rings is 2. The summed E-state index contributed by atoms with van der Waals surface area (Å²) < 4.78 is 0. The van der Waals surface area contributed by atoms with Crippen molar-refractivity contribution in [3.05, 3.63) is 48.5 Å². The van der Waals surface area contributed by atoms with Crippen LogP contribution in [0.3, 0.4) is 0 Å². The molecule has 2 aromatic heterocycles. The average molecular weight is 433 g/mol. The lowest BCUT2D eigenvalue weighted by Crippen LogP contribution is -2.27. The van der Waals surface area contributed by atoms with Crippen molar-refractivity contribution in [2.24, 2.45) is 0 Å². The summed E-state index contributed by atoms with van der Waals surface area (Å²) in [5.74, 6) is 0. The van der Waals surface area contributed by atoms with E-state index in [9.17, 15) is 0 Å². The van der Waals surface area contributed by atoms with Gasteiger partial charge in [0.1, 0.15) is 22.1 Å². The van der Waals surface area contributed by atoms with E-state index in [1.54, 1.807) is 0 Å². The van der Waals surface area contributed by atoms with E-state index >= 15 is 0 Å². The molecule has 0 radical (unpaired) electrons. The standard InChI is InChI=1S/C26H36N6/c1-3-5-7-9-19-25(31-27-21-15-11-12-16-22(21)28-31)26(20-10-8-6-4-2)32-29-23-17-13-14-18-24(23)30-32/h11-18,25-26H,3-10,19-20H2,1-2H3/t25-,26-/m1/s1. The molecule has 6 nitrogen and oxygen atoms in total. The number of hydrogen-bond donors (Lipinski definition) is 0. The molecule has 6 heteroatoms. The third-order valence-electron chi connectivity index (χ3n) is 6.35. The molecule has 0 aliphatic rings. The molecule has 32 heavy (non-hydrogen) atoms. The summed E-state index contributed by atoms with van der Waals surface area (Å²) in [5, 5.41) is 19.6. The predicted octanol–water partition coefficient (Wildman–Crippen LogP) is 6.90. The lowest BCUT2D eigenvalue weighted by molar-refractivity contribution is 0.212. The SMILES string of the molecule is CCCCCC[C@H]([C@@H](CCCCCC)n1nc2ccccc2n1)n1nc2ccccc2n1. The minimum atomic E-state index is 0.141. The molecule has 0 saturated carbocycles. The second-order valence-electron chi connectivity index (χ2n) is 8.85. The van der Waals surface area contributed by atoms with Gasteiger partial charge in [0.25, 0.3) is 0 Å². The van der Waals surface area contributed by atoms with Crippen molar-refractivity contribution in [2.45, 2.75) is 90.1 Å². The Hall–Kier alpha value is -2.76. The van der Waals surface area contributed by atoms with Crippen molar-refractivity contribution in [2.75, 3.05) is 0 Å². The third kappa shape index (κ3) is 5.34. The van der Waals surface area contributed by atoms with Crippen LogP contribution in [0.2, 0.25) is 0 Å². The maximum absolute atomic E-state index is 4.89. The Bertz CT molecular complexity index is 944. The van der Waals surface area contributed by atoms with Gasteiger partial charge < -0.3 is 0 Å². The van der Waals surface area contributed by atoms with Gasteiger partial charge in [0.2, 0.25) is 0 Å². The first-order valence-electron chi connectivity index (χ1n) is 12.4. The Morgan fingerprint density at radius 2 is 0.875 bits per heavy atom. The molecule has 0 aliphatic heterocycles. The average Bonchev–Trinajstić information content (AvgIpc) is 3.44. The number of unbranched alkanes of at least 4 members (excludes halogenated alkanes) is 6. The lowest BCUT2D eigenvalue weighted by Gasteiger charge is -2.26. The minimum Gasteiger partial charge on any atom is -0.178 e. The highest BCUT2D eigenvalue weighted by Crippen LogP contribution is 2.33. The number of fused-ring (bicyclic) bond motifs is 2. The Morgan fingerprint density at radius 1 is 0.531 bits per heavy atom. The highest BCUT2D eigenvalue weighted by molar-refractivity contribution is 5.73. The Balaban J connectivity index is 1.68. The minimum absolute atomic E-state index is 0.141. The summed E-state index contributed by atoms with van der Waals surface area (Å²) in [6.45, 7) is 4.52. The van der Waals surface area contributed by atoms with Crippen LogP contribution in [0.25, 0.3) is 22.1 Å². The van der Waals surface area contributed by atoms with Crippen LogP contribution in [0.4, 0.5) is 0 Å². The smallest absolute Gasteiger partial charge is 0.113 e. The number of aromatic nitrogens is 6. The van der Waals surface area contributed by atoms with Crippen LogP contribution >= 0.6 is 0 Å². The summed E-state index contributed by atoms with van der Waals surface area (Å²) >= 11 is 0. The summed E-state index contributed by atoms with van der Waals surface area (Å²) in [5.41, 5.74) is 3.81. The highest BCUT2D eigenvalue weighted by Gasteiger charge is 2.28. The van der Waals surface area contributed by atoms with Gasteiger partial charge in [-0.15, -0.1) is 0 Å². The van der Waals surface area contributed by atoms with Gasteiger partial charge in [0.15, 0.2) is 0 Å². The fourth-order valence-electron chi connectivity index (χ4n) is 4.53. The van der Waals surface area contributed by atoms with E-state index in [-0.39, 0.29) is 12.1 Å². The van der Waals surface area contributed by atoms with E-state index in [1.165, 1.54) is 51.4 Å². The molecule has 0 N–H and O–H groups in total. The molecule has 2 heterocycles. The van der Waals surface area contributed by atoms with E-state index in [2.05, 4.69) is 13.8 Å². The highest BCUT2D eigenvalue weighted by atomic mass is 15.5. The van der Waals surface area contributed by atoms with E-state index in [0.29, 0.717) is 0 Å². The Labute approximate surface area is 191 Å². The summed E-state index contributed by atoms with van der Waals surface area (Å²) in [6.07, 6.45) is 11.9. The third-order valence-corrected chi connectivity index (χ3v) is 6.35. The first-order chi connectivity index (χ1) is 15.8. The van der Waals surface area contributed by atoms with Crippen molar-refractivity contribution in [3.63, 3.8) is 0 Å². The fourth-order valence-corrected chi connectivity index (χ4v) is 4.53. The van der Waals surface area contributed by atoms with Crippen molar-refractivity contribution < 1.29 is 0 Å². The molecule has 0 bridgehead atoms. The number of rotatable bonds is 13. The fraction of sp³-hybridized carbons (Fsp3) is 0.538. The van der Waals surface area contributed by atoms with Crippen LogP contribution in [0.1, 0.15) is 90.1 Å². The van der Waals surface area contributed by atoms with Crippen LogP contribution < -0.4 is 0 Å². The number of hydrogen-bond acceptors (Lipinski definition) is 4. The van der Waals surface area contributed by atoms with E-state index in [1.807, 2.05) is 58.1 Å². The maximum Gasteiger partial charge on any atom is 0.113 e. The molecule has 2 aromatic carbocycles. The van der Waals surface area contributed by atoms with Crippen LogP contribution in [-0.4, -0.2) is 30.0 Å². The van der Waals surface area contributed by atoms with Crippen LogP contribution in [0, 0.1) is 0 Å². The normalized spacial score (nSPS) is 13.7. The van der Waals surface area contributed by atoms with Crippen molar-refractivity contribution in [3.8, 4) is 0 Å². The molecule has 0 spiro atoms. The monoisotopic (exact) mass is 432 g/mol. The van der Waals surface area contributed by atoms with Crippen LogP contribution in [0.5, 0.6) is 0 Å². The summed E-state index contributed by atoms with van der Waals surface area (Å²) in [4.78, 5) is 3.93.